The van der Waals surface area contributed by atoms with E-state index in [0.717, 1.165) is 17.0 Å². The average molecular weight is 543 g/mol. The molecular weight excluding hydrogens is 509 g/mol. The number of nitrogens with zero attached hydrogens (tertiary/aromatic N) is 2. The van der Waals surface area contributed by atoms with Crippen LogP contribution in [0.2, 0.25) is 10.0 Å². The number of amides is 2. The van der Waals surface area contributed by atoms with Crippen LogP contribution in [-0.2, 0) is 26.2 Å². The highest BCUT2D eigenvalue weighted by Crippen LogP contribution is 2.27. The third-order valence-corrected chi connectivity index (χ3v) is 7.52. The number of aryl methyl sites for hydroxylation is 1. The SMILES string of the molecule is CC[C@H](C)NC(=O)[C@H](CC)N(Cc1ccccc1Cl)C(=O)CN(c1ccc(Cl)cc1C)S(C)(=O)=O. The lowest BCUT2D eigenvalue weighted by Gasteiger charge is -2.33. The zero-order chi connectivity index (χ0) is 26.3. The minimum absolute atomic E-state index is 0.0577. The van der Waals surface area contributed by atoms with Gasteiger partial charge in [0.25, 0.3) is 0 Å². The van der Waals surface area contributed by atoms with Gasteiger partial charge >= 0.3 is 0 Å². The maximum absolute atomic E-state index is 13.7. The maximum atomic E-state index is 13.7. The Bertz CT molecular complexity index is 1160. The number of anilines is 1. The highest BCUT2D eigenvalue weighted by molar-refractivity contribution is 7.92. The zero-order valence-electron chi connectivity index (χ0n) is 20.7. The molecule has 2 atom stereocenters. The van der Waals surface area contributed by atoms with E-state index in [0.29, 0.717) is 33.3 Å². The van der Waals surface area contributed by atoms with E-state index in [9.17, 15) is 18.0 Å². The predicted molar refractivity (Wildman–Crippen MR) is 142 cm³/mol. The third-order valence-electron chi connectivity index (χ3n) is 5.79. The van der Waals surface area contributed by atoms with E-state index in [-0.39, 0.29) is 18.5 Å². The van der Waals surface area contributed by atoms with Crippen molar-refractivity contribution in [1.82, 2.24) is 10.2 Å². The highest BCUT2D eigenvalue weighted by atomic mass is 35.5. The Balaban J connectivity index is 2.49. The molecule has 35 heavy (non-hydrogen) atoms. The number of halogens is 2. The molecule has 192 valence electrons. The fourth-order valence-corrected chi connectivity index (χ4v) is 4.99. The quantitative estimate of drug-likeness (QED) is 0.443. The number of carbonyl (C=O) groups excluding carboxylic acids is 2. The number of sulfonamides is 1. The Kier molecular flexibility index (Phi) is 10.4. The van der Waals surface area contributed by atoms with Crippen molar-refractivity contribution in [2.45, 2.75) is 59.2 Å². The van der Waals surface area contributed by atoms with Gasteiger partial charge in [-0.3, -0.25) is 13.9 Å². The summed E-state index contributed by atoms with van der Waals surface area (Å²) < 4.78 is 26.5. The molecule has 2 amide bonds. The van der Waals surface area contributed by atoms with Gasteiger partial charge in [0.1, 0.15) is 12.6 Å². The predicted octanol–water partition coefficient (Wildman–Crippen LogP) is 4.79. The van der Waals surface area contributed by atoms with E-state index in [1.807, 2.05) is 20.8 Å². The average Bonchev–Trinajstić information content (AvgIpc) is 2.78. The molecule has 0 saturated carbocycles. The lowest BCUT2D eigenvalue weighted by Crippen LogP contribution is -2.53. The van der Waals surface area contributed by atoms with Crippen LogP contribution in [-0.4, -0.2) is 50.0 Å². The Morgan fingerprint density at radius 3 is 2.26 bits per heavy atom. The van der Waals surface area contributed by atoms with E-state index >= 15 is 0 Å². The second-order valence-electron chi connectivity index (χ2n) is 8.56. The molecule has 0 fully saturated rings. The molecule has 0 unspecified atom stereocenters. The van der Waals surface area contributed by atoms with Gasteiger partial charge in [-0.15, -0.1) is 0 Å². The minimum atomic E-state index is -3.82. The van der Waals surface area contributed by atoms with Gasteiger partial charge in [-0.25, -0.2) is 8.42 Å². The summed E-state index contributed by atoms with van der Waals surface area (Å²) in [5, 5.41) is 3.85. The Morgan fingerprint density at radius 1 is 1.06 bits per heavy atom. The van der Waals surface area contributed by atoms with Crippen molar-refractivity contribution < 1.29 is 18.0 Å². The second-order valence-corrected chi connectivity index (χ2v) is 11.3. The second kappa shape index (κ2) is 12.6. The normalized spacial score (nSPS) is 13.1. The molecule has 0 aromatic heterocycles. The standard InChI is InChI=1S/C25H33Cl2N3O4S/c1-6-18(4)28-25(32)22(7-2)29(15-19-10-8-9-11-21(19)27)24(31)16-30(35(5,33)34)23-13-12-20(26)14-17(23)3/h8-14,18,22H,6-7,15-16H2,1-5H3,(H,28,32)/t18-,22-/m0/s1. The fraction of sp³-hybridized carbons (Fsp3) is 0.440. The van der Waals surface area contributed by atoms with Crippen LogP contribution in [0.1, 0.15) is 44.7 Å². The molecule has 1 N–H and O–H groups in total. The maximum Gasteiger partial charge on any atom is 0.244 e. The number of nitrogens with one attached hydrogen (secondary N) is 1. The lowest BCUT2D eigenvalue weighted by atomic mass is 10.1. The molecule has 0 spiro atoms. The summed E-state index contributed by atoms with van der Waals surface area (Å²) in [4.78, 5) is 28.2. The van der Waals surface area contributed by atoms with E-state index < -0.39 is 28.5 Å². The Morgan fingerprint density at radius 2 is 1.71 bits per heavy atom. The highest BCUT2D eigenvalue weighted by Gasteiger charge is 2.32. The van der Waals surface area contributed by atoms with E-state index in [1.54, 1.807) is 49.4 Å². The molecule has 0 radical (unpaired) electrons. The van der Waals surface area contributed by atoms with E-state index in [4.69, 9.17) is 23.2 Å². The minimum Gasteiger partial charge on any atom is -0.352 e. The molecule has 0 saturated heterocycles. The van der Waals surface area contributed by atoms with Crippen molar-refractivity contribution in [3.8, 4) is 0 Å². The summed E-state index contributed by atoms with van der Waals surface area (Å²) in [5.74, 6) is -0.813. The largest absolute Gasteiger partial charge is 0.352 e. The summed E-state index contributed by atoms with van der Waals surface area (Å²) in [6.45, 7) is 6.96. The summed E-state index contributed by atoms with van der Waals surface area (Å²) in [6.07, 6.45) is 2.12. The van der Waals surface area contributed by atoms with Crippen LogP contribution in [0.4, 0.5) is 5.69 Å². The molecule has 0 bridgehead atoms. The van der Waals surface area contributed by atoms with Crippen molar-refractivity contribution in [1.29, 1.82) is 0 Å². The van der Waals surface area contributed by atoms with Crippen molar-refractivity contribution in [3.05, 3.63) is 63.6 Å². The molecule has 0 aliphatic heterocycles. The molecule has 2 aromatic rings. The Hall–Kier alpha value is -2.29. The number of rotatable bonds is 11. The number of benzene rings is 2. The number of hydrogen-bond donors (Lipinski definition) is 1. The monoisotopic (exact) mass is 541 g/mol. The van der Waals surface area contributed by atoms with Crippen LogP contribution in [0.15, 0.2) is 42.5 Å². The van der Waals surface area contributed by atoms with Crippen molar-refractivity contribution >= 4 is 50.7 Å². The van der Waals surface area contributed by atoms with Crippen LogP contribution in [0.3, 0.4) is 0 Å². The van der Waals surface area contributed by atoms with Crippen LogP contribution >= 0.6 is 23.2 Å². The van der Waals surface area contributed by atoms with Gasteiger partial charge in [0, 0.05) is 22.6 Å². The zero-order valence-corrected chi connectivity index (χ0v) is 23.0. The molecule has 7 nitrogen and oxygen atoms in total. The summed E-state index contributed by atoms with van der Waals surface area (Å²) in [6, 6.07) is 11.0. The molecule has 0 aliphatic rings. The number of carbonyl (C=O) groups is 2. The van der Waals surface area contributed by atoms with Gasteiger partial charge in [-0.05, 0) is 62.1 Å². The molecule has 2 rings (SSSR count). The fourth-order valence-electron chi connectivity index (χ4n) is 3.66. The topological polar surface area (TPSA) is 86.8 Å². The summed E-state index contributed by atoms with van der Waals surface area (Å²) in [5.41, 5.74) is 1.61. The molecule has 10 heteroatoms. The lowest BCUT2D eigenvalue weighted by molar-refractivity contribution is -0.140. The summed E-state index contributed by atoms with van der Waals surface area (Å²) >= 11 is 12.4. The van der Waals surface area contributed by atoms with Crippen LogP contribution in [0, 0.1) is 6.92 Å². The number of hydrogen-bond acceptors (Lipinski definition) is 4. The van der Waals surface area contributed by atoms with E-state index in [2.05, 4.69) is 5.32 Å². The van der Waals surface area contributed by atoms with Crippen molar-refractivity contribution in [3.63, 3.8) is 0 Å². The first-order valence-electron chi connectivity index (χ1n) is 11.5. The van der Waals surface area contributed by atoms with E-state index in [1.165, 1.54) is 4.90 Å². The van der Waals surface area contributed by atoms with Gasteiger partial charge in [-0.2, -0.15) is 0 Å². The molecule has 0 aliphatic carbocycles. The molecule has 0 heterocycles. The van der Waals surface area contributed by atoms with Crippen LogP contribution in [0.25, 0.3) is 0 Å². The van der Waals surface area contributed by atoms with Crippen molar-refractivity contribution in [2.24, 2.45) is 0 Å². The first-order chi connectivity index (χ1) is 16.4. The molecule has 2 aromatic carbocycles. The van der Waals surface area contributed by atoms with Gasteiger partial charge in [0.05, 0.1) is 11.9 Å². The van der Waals surface area contributed by atoms with Gasteiger partial charge in [0.2, 0.25) is 21.8 Å². The first-order valence-corrected chi connectivity index (χ1v) is 14.1. The Labute approximate surface area is 218 Å². The van der Waals surface area contributed by atoms with Crippen LogP contribution in [0.5, 0.6) is 0 Å². The summed E-state index contributed by atoms with van der Waals surface area (Å²) in [7, 11) is -3.82. The first kappa shape index (κ1) is 28.9. The van der Waals surface area contributed by atoms with Crippen LogP contribution < -0.4 is 9.62 Å². The van der Waals surface area contributed by atoms with Crippen molar-refractivity contribution in [2.75, 3.05) is 17.1 Å². The molecular formula is C25H33Cl2N3O4S. The van der Waals surface area contributed by atoms with Gasteiger partial charge in [-0.1, -0.05) is 55.2 Å². The van der Waals surface area contributed by atoms with Gasteiger partial charge in [0.15, 0.2) is 0 Å². The van der Waals surface area contributed by atoms with Gasteiger partial charge < -0.3 is 10.2 Å². The smallest absolute Gasteiger partial charge is 0.244 e. The third kappa shape index (κ3) is 7.85.